The van der Waals surface area contributed by atoms with Gasteiger partial charge >= 0.3 is 5.97 Å². The first-order valence-corrected chi connectivity index (χ1v) is 7.96. The molecule has 0 saturated heterocycles. The van der Waals surface area contributed by atoms with Crippen LogP contribution in [0.25, 0.3) is 0 Å². The lowest BCUT2D eigenvalue weighted by atomic mass is 10.2. The second-order valence-electron chi connectivity index (χ2n) is 3.92. The van der Waals surface area contributed by atoms with Crippen molar-refractivity contribution in [1.29, 1.82) is 0 Å². The molecule has 20 heavy (non-hydrogen) atoms. The van der Waals surface area contributed by atoms with Gasteiger partial charge in [-0.25, -0.2) is 8.42 Å². The first-order valence-electron chi connectivity index (χ1n) is 5.90. The molecule has 8 heteroatoms. The highest BCUT2D eigenvalue weighted by Gasteiger charge is 2.14. The number of ether oxygens (including phenoxy) is 1. The van der Waals surface area contributed by atoms with Crippen molar-refractivity contribution < 1.29 is 17.9 Å². The van der Waals surface area contributed by atoms with Crippen molar-refractivity contribution in [3.8, 4) is 0 Å². The molecule has 0 aromatic heterocycles. The first-order chi connectivity index (χ1) is 9.34. The summed E-state index contributed by atoms with van der Waals surface area (Å²) in [4.78, 5) is 11.4. The number of hydrogen-bond acceptors (Lipinski definition) is 5. The Hall–Kier alpha value is -1.67. The van der Waals surface area contributed by atoms with E-state index < -0.39 is 16.0 Å². The van der Waals surface area contributed by atoms with E-state index in [1.165, 1.54) is 0 Å². The molecular weight excluding hydrogens is 300 g/mol. The fraction of sp³-hybridized carbons (Fsp3) is 0.333. The van der Waals surface area contributed by atoms with Crippen molar-refractivity contribution in [3.63, 3.8) is 0 Å². The maximum atomic E-state index is 11.8. The van der Waals surface area contributed by atoms with E-state index in [9.17, 15) is 13.2 Å². The number of carbonyl (C=O) groups excluding carboxylic acids is 1. The molecule has 0 fully saturated rings. The summed E-state index contributed by atoms with van der Waals surface area (Å²) in [6, 6.07) is 6.34. The Balaban J connectivity index is 2.62. The Morgan fingerprint density at radius 1 is 1.35 bits per heavy atom. The van der Waals surface area contributed by atoms with E-state index in [-0.39, 0.29) is 23.8 Å². The number of nitrogens with two attached hydrogens (primary N) is 1. The highest BCUT2D eigenvalue weighted by molar-refractivity contribution is 7.92. The molecule has 3 N–H and O–H groups in total. The van der Waals surface area contributed by atoms with E-state index in [4.69, 9.17) is 18.0 Å². The number of sulfonamides is 1. The molecule has 0 aliphatic heterocycles. The number of thiocarbonyl (C=S) groups is 1. The van der Waals surface area contributed by atoms with Gasteiger partial charge in [0.25, 0.3) is 0 Å². The van der Waals surface area contributed by atoms with Gasteiger partial charge in [0.15, 0.2) is 0 Å². The molecule has 1 rings (SSSR count). The molecule has 110 valence electrons. The van der Waals surface area contributed by atoms with E-state index in [0.29, 0.717) is 11.3 Å². The minimum atomic E-state index is -3.60. The number of esters is 1. The lowest BCUT2D eigenvalue weighted by Crippen LogP contribution is -2.20. The second-order valence-corrected chi connectivity index (χ2v) is 6.20. The normalized spacial score (nSPS) is 10.8. The quantitative estimate of drug-likeness (QED) is 0.575. The number of carbonyl (C=O) groups is 1. The third-order valence-corrected chi connectivity index (χ3v) is 3.85. The monoisotopic (exact) mass is 316 g/mol. The van der Waals surface area contributed by atoms with Crippen LogP contribution in [0.3, 0.4) is 0 Å². The number of benzene rings is 1. The van der Waals surface area contributed by atoms with Gasteiger partial charge in [0.2, 0.25) is 10.0 Å². The van der Waals surface area contributed by atoms with Gasteiger partial charge in [-0.1, -0.05) is 12.2 Å². The van der Waals surface area contributed by atoms with Crippen LogP contribution in [0.4, 0.5) is 5.69 Å². The maximum Gasteiger partial charge on any atom is 0.306 e. The molecule has 0 atom stereocenters. The van der Waals surface area contributed by atoms with Crippen molar-refractivity contribution in [2.45, 2.75) is 13.3 Å². The zero-order valence-corrected chi connectivity index (χ0v) is 12.6. The smallest absolute Gasteiger partial charge is 0.306 e. The van der Waals surface area contributed by atoms with Gasteiger partial charge < -0.3 is 10.5 Å². The number of rotatable bonds is 7. The molecule has 0 amide bonds. The van der Waals surface area contributed by atoms with Crippen LogP contribution < -0.4 is 10.5 Å². The van der Waals surface area contributed by atoms with E-state index >= 15 is 0 Å². The Labute approximate surface area is 123 Å². The zero-order valence-electron chi connectivity index (χ0n) is 11.0. The van der Waals surface area contributed by atoms with E-state index in [2.05, 4.69) is 9.46 Å². The molecule has 0 unspecified atom stereocenters. The van der Waals surface area contributed by atoms with Crippen molar-refractivity contribution >= 4 is 38.9 Å². The molecular formula is C12H16N2O4S2. The Morgan fingerprint density at radius 3 is 2.45 bits per heavy atom. The van der Waals surface area contributed by atoms with Crippen LogP contribution in [0, 0.1) is 0 Å². The van der Waals surface area contributed by atoms with Gasteiger partial charge in [0.05, 0.1) is 18.8 Å². The summed E-state index contributed by atoms with van der Waals surface area (Å²) < 4.78 is 30.5. The van der Waals surface area contributed by atoms with Crippen LogP contribution in [0.5, 0.6) is 0 Å². The SMILES string of the molecule is CCOC(=O)CCS(=O)(=O)Nc1ccc(C(N)=S)cc1. The van der Waals surface area contributed by atoms with Gasteiger partial charge in [-0.05, 0) is 31.2 Å². The first kappa shape index (κ1) is 16.4. The molecule has 0 aliphatic rings. The van der Waals surface area contributed by atoms with Crippen LogP contribution in [0.15, 0.2) is 24.3 Å². The topological polar surface area (TPSA) is 98.5 Å². The molecule has 1 aromatic carbocycles. The predicted molar refractivity (Wildman–Crippen MR) is 81.0 cm³/mol. The van der Waals surface area contributed by atoms with Gasteiger partial charge in [-0.15, -0.1) is 0 Å². The van der Waals surface area contributed by atoms with Gasteiger partial charge in [0, 0.05) is 11.3 Å². The Morgan fingerprint density at radius 2 is 1.95 bits per heavy atom. The van der Waals surface area contributed by atoms with Crippen molar-refractivity contribution in [2.24, 2.45) is 5.73 Å². The summed E-state index contributed by atoms with van der Waals surface area (Å²) in [6.45, 7) is 1.89. The van der Waals surface area contributed by atoms with Gasteiger partial charge in [0.1, 0.15) is 4.99 Å². The van der Waals surface area contributed by atoms with Crippen LogP contribution in [-0.2, 0) is 19.6 Å². The summed E-state index contributed by atoms with van der Waals surface area (Å²) in [6.07, 6.45) is -0.186. The van der Waals surface area contributed by atoms with Crippen molar-refractivity contribution in [3.05, 3.63) is 29.8 Å². The van der Waals surface area contributed by atoms with Crippen LogP contribution in [0.1, 0.15) is 18.9 Å². The van der Waals surface area contributed by atoms with Crippen LogP contribution in [-0.4, -0.2) is 31.7 Å². The largest absolute Gasteiger partial charge is 0.466 e. The highest BCUT2D eigenvalue weighted by Crippen LogP contribution is 2.12. The summed E-state index contributed by atoms with van der Waals surface area (Å²) >= 11 is 4.80. The fourth-order valence-electron chi connectivity index (χ4n) is 1.38. The lowest BCUT2D eigenvalue weighted by Gasteiger charge is -2.08. The van der Waals surface area contributed by atoms with Gasteiger partial charge in [-0.2, -0.15) is 0 Å². The minimum Gasteiger partial charge on any atom is -0.466 e. The predicted octanol–water partition coefficient (Wildman–Crippen LogP) is 1.02. The second kappa shape index (κ2) is 7.20. The van der Waals surface area contributed by atoms with Crippen LogP contribution in [0.2, 0.25) is 0 Å². The number of nitrogens with one attached hydrogen (secondary N) is 1. The van der Waals surface area contributed by atoms with E-state index in [1.54, 1.807) is 31.2 Å². The summed E-state index contributed by atoms with van der Waals surface area (Å²) in [5.41, 5.74) is 6.47. The van der Waals surface area contributed by atoms with E-state index in [0.717, 1.165) is 0 Å². The van der Waals surface area contributed by atoms with E-state index in [1.807, 2.05) is 0 Å². The fourth-order valence-corrected chi connectivity index (χ4v) is 2.55. The maximum absolute atomic E-state index is 11.8. The number of anilines is 1. The summed E-state index contributed by atoms with van der Waals surface area (Å²) in [7, 11) is -3.60. The van der Waals surface area contributed by atoms with Crippen molar-refractivity contribution in [2.75, 3.05) is 17.1 Å². The number of hydrogen-bond donors (Lipinski definition) is 2. The third-order valence-electron chi connectivity index (χ3n) is 2.32. The standard InChI is InChI=1S/C12H16N2O4S2/c1-2-18-11(15)7-8-20(16,17)14-10-5-3-9(4-6-10)12(13)19/h3-6,14H,2,7-8H2,1H3,(H2,13,19). The average molecular weight is 316 g/mol. The summed E-state index contributed by atoms with van der Waals surface area (Å²) in [5.74, 6) is -0.871. The minimum absolute atomic E-state index is 0.186. The Kier molecular flexibility index (Phi) is 5.90. The summed E-state index contributed by atoms with van der Waals surface area (Å²) in [5, 5.41) is 0. The third kappa shape index (κ3) is 5.54. The molecule has 0 spiro atoms. The zero-order chi connectivity index (χ0) is 15.2. The lowest BCUT2D eigenvalue weighted by molar-refractivity contribution is -0.142. The molecule has 0 heterocycles. The average Bonchev–Trinajstić information content (AvgIpc) is 2.37. The van der Waals surface area contributed by atoms with Crippen molar-refractivity contribution in [1.82, 2.24) is 0 Å². The molecule has 0 aliphatic carbocycles. The molecule has 0 bridgehead atoms. The molecule has 0 saturated carbocycles. The van der Waals surface area contributed by atoms with Gasteiger partial charge in [-0.3, -0.25) is 9.52 Å². The van der Waals surface area contributed by atoms with Crippen LogP contribution >= 0.6 is 12.2 Å². The Bertz CT molecular complexity index is 582. The molecule has 6 nitrogen and oxygen atoms in total. The highest BCUT2D eigenvalue weighted by atomic mass is 32.2. The molecule has 1 aromatic rings. The molecule has 0 radical (unpaired) electrons.